The third kappa shape index (κ3) is 8.70. The molecule has 1 aromatic heterocycles. The van der Waals surface area contributed by atoms with E-state index in [-0.39, 0.29) is 40.9 Å². The van der Waals surface area contributed by atoms with Gasteiger partial charge in [0.2, 0.25) is 6.29 Å². The number of esters is 2. The van der Waals surface area contributed by atoms with Crippen LogP contribution in [0.15, 0.2) is 70.2 Å². The summed E-state index contributed by atoms with van der Waals surface area (Å²) in [5, 5.41) is 3.76. The highest BCUT2D eigenvalue weighted by Crippen LogP contribution is 2.35. The Balaban J connectivity index is 1.35. The van der Waals surface area contributed by atoms with E-state index in [1.165, 1.54) is 13.2 Å². The van der Waals surface area contributed by atoms with E-state index in [1.54, 1.807) is 53.6 Å². The van der Waals surface area contributed by atoms with Crippen molar-refractivity contribution in [1.29, 1.82) is 0 Å². The van der Waals surface area contributed by atoms with E-state index in [0.29, 0.717) is 52.1 Å². The van der Waals surface area contributed by atoms with E-state index in [4.69, 9.17) is 37.1 Å². The first kappa shape index (κ1) is 36.1. The number of benzene rings is 3. The number of hydrogen-bond donors (Lipinski definition) is 1. The van der Waals surface area contributed by atoms with Gasteiger partial charge in [-0.25, -0.2) is 4.79 Å². The van der Waals surface area contributed by atoms with Crippen LogP contribution in [0.3, 0.4) is 0 Å². The maximum Gasteiger partial charge on any atom is 0.332 e. The lowest BCUT2D eigenvalue weighted by Gasteiger charge is -2.30. The van der Waals surface area contributed by atoms with Crippen LogP contribution in [-0.2, 0) is 49.2 Å². The van der Waals surface area contributed by atoms with Gasteiger partial charge in [-0.2, -0.15) is 0 Å². The van der Waals surface area contributed by atoms with Crippen molar-refractivity contribution in [2.75, 3.05) is 12.8 Å². The minimum atomic E-state index is -1.28. The van der Waals surface area contributed by atoms with E-state index in [2.05, 4.69) is 5.32 Å². The Morgan fingerprint density at radius 1 is 1.06 bits per heavy atom. The van der Waals surface area contributed by atoms with Crippen molar-refractivity contribution in [3.8, 4) is 0 Å². The van der Waals surface area contributed by atoms with Crippen molar-refractivity contribution >= 4 is 68.7 Å². The molecule has 1 aliphatic heterocycles. The van der Waals surface area contributed by atoms with E-state index in [9.17, 15) is 23.4 Å². The van der Waals surface area contributed by atoms with Gasteiger partial charge in [0.05, 0.1) is 21.9 Å². The summed E-state index contributed by atoms with van der Waals surface area (Å²) in [6.07, 6.45) is 3.86. The molecule has 2 heterocycles. The molecule has 0 aliphatic carbocycles. The Hall–Kier alpha value is -4.19. The number of nitrogens with one attached hydrogen (secondary N) is 1. The van der Waals surface area contributed by atoms with Crippen LogP contribution in [0.25, 0.3) is 11.0 Å². The number of halogens is 2. The van der Waals surface area contributed by atoms with Crippen molar-refractivity contribution < 1.29 is 37.3 Å². The molecule has 3 atom stereocenters. The van der Waals surface area contributed by atoms with Gasteiger partial charge in [-0.05, 0) is 65.9 Å². The largest absolute Gasteiger partial charge is 0.464 e. The molecular formula is C36H36Cl2N2O8S. The highest BCUT2D eigenvalue weighted by atomic mass is 35.5. The Morgan fingerprint density at radius 3 is 2.61 bits per heavy atom. The van der Waals surface area contributed by atoms with Gasteiger partial charge >= 0.3 is 11.9 Å². The summed E-state index contributed by atoms with van der Waals surface area (Å²) in [4.78, 5) is 54.9. The lowest BCUT2D eigenvalue weighted by molar-refractivity contribution is -0.185. The topological polar surface area (TPSA) is 132 Å². The Kier molecular flexibility index (Phi) is 11.8. The number of unbranched alkanes of at least 4 members (excludes halogenated alkanes) is 1. The van der Waals surface area contributed by atoms with Crippen LogP contribution in [-0.4, -0.2) is 58.0 Å². The van der Waals surface area contributed by atoms with Crippen LogP contribution < -0.4 is 5.32 Å². The molecule has 0 radical (unpaired) electrons. The molecule has 0 fully saturated rings. The second kappa shape index (κ2) is 16.0. The van der Waals surface area contributed by atoms with Gasteiger partial charge in [-0.1, -0.05) is 54.7 Å². The molecule has 0 saturated carbocycles. The summed E-state index contributed by atoms with van der Waals surface area (Å²) in [6.45, 7) is 3.93. The maximum atomic E-state index is 13.8. The van der Waals surface area contributed by atoms with Crippen LogP contribution in [0.4, 0.5) is 0 Å². The minimum absolute atomic E-state index is 0.0207. The lowest BCUT2D eigenvalue weighted by atomic mass is 9.95. The molecule has 1 N–H and O–H groups in total. The molecule has 10 nitrogen and oxygen atoms in total. The van der Waals surface area contributed by atoms with Crippen molar-refractivity contribution in [2.24, 2.45) is 0 Å². The predicted octanol–water partition coefficient (Wildman–Crippen LogP) is 6.64. The quantitative estimate of drug-likeness (QED) is 0.127. The maximum absolute atomic E-state index is 13.8. The highest BCUT2D eigenvalue weighted by molar-refractivity contribution is 7.84. The fourth-order valence-corrected chi connectivity index (χ4v) is 7.00. The second-order valence-corrected chi connectivity index (χ2v) is 13.9. The number of carbonyl (C=O) groups excluding carboxylic acids is 4. The van der Waals surface area contributed by atoms with Gasteiger partial charge in [0, 0.05) is 65.8 Å². The van der Waals surface area contributed by atoms with Crippen LogP contribution in [0.5, 0.6) is 0 Å². The number of fused-ring (bicyclic) bond motifs is 2. The molecule has 1 aliphatic rings. The Morgan fingerprint density at radius 2 is 1.86 bits per heavy atom. The SMILES string of the molecule is CCCCC(=O)OC(C)OC(=O)[C@H](Cc1cccc(S(C)=O)c1)NC(=O)c1c(Cl)cc2c(c1Cl)CCN(C(=O)c1ccc3ccoc3c1)C2. The first-order valence-corrected chi connectivity index (χ1v) is 18.2. The molecule has 2 amide bonds. The molecule has 0 saturated heterocycles. The number of carbonyl (C=O) groups is 4. The zero-order valence-corrected chi connectivity index (χ0v) is 29.6. The van der Waals surface area contributed by atoms with E-state index >= 15 is 0 Å². The van der Waals surface area contributed by atoms with Crippen molar-refractivity contribution in [2.45, 2.75) is 69.7 Å². The molecular weight excluding hydrogens is 691 g/mol. The number of amides is 2. The number of ether oxygens (including phenoxy) is 2. The van der Waals surface area contributed by atoms with Gasteiger partial charge < -0.3 is 24.1 Å². The lowest BCUT2D eigenvalue weighted by Crippen LogP contribution is -2.45. The predicted molar refractivity (Wildman–Crippen MR) is 186 cm³/mol. The summed E-state index contributed by atoms with van der Waals surface area (Å²) in [6, 6.07) is 14.3. The summed E-state index contributed by atoms with van der Waals surface area (Å²) < 4.78 is 28.2. The number of hydrogen-bond acceptors (Lipinski definition) is 8. The molecule has 2 unspecified atom stereocenters. The van der Waals surface area contributed by atoms with Crippen molar-refractivity contribution in [3.05, 3.63) is 98.7 Å². The normalized spacial score (nSPS) is 14.4. The van der Waals surface area contributed by atoms with E-state index in [0.717, 1.165) is 11.8 Å². The molecule has 49 heavy (non-hydrogen) atoms. The summed E-state index contributed by atoms with van der Waals surface area (Å²) in [5.41, 5.74) is 3.06. The molecule has 5 rings (SSSR count). The number of furan rings is 1. The Labute approximate surface area is 296 Å². The summed E-state index contributed by atoms with van der Waals surface area (Å²) in [5.74, 6) is -2.25. The Bertz CT molecular complexity index is 1930. The monoisotopic (exact) mass is 726 g/mol. The molecule has 4 aromatic rings. The molecule has 0 bridgehead atoms. The molecule has 258 valence electrons. The van der Waals surface area contributed by atoms with Crippen LogP contribution in [0.1, 0.15) is 70.5 Å². The molecule has 3 aromatic carbocycles. The van der Waals surface area contributed by atoms with E-state index < -0.39 is 41.0 Å². The van der Waals surface area contributed by atoms with Crippen LogP contribution >= 0.6 is 23.2 Å². The smallest absolute Gasteiger partial charge is 0.332 e. The van der Waals surface area contributed by atoms with Gasteiger partial charge in [0.1, 0.15) is 11.6 Å². The van der Waals surface area contributed by atoms with Crippen LogP contribution in [0, 0.1) is 0 Å². The number of rotatable bonds is 12. The molecule has 0 spiro atoms. The highest BCUT2D eigenvalue weighted by Gasteiger charge is 2.31. The van der Waals surface area contributed by atoms with Crippen molar-refractivity contribution in [1.82, 2.24) is 10.2 Å². The fraction of sp³-hybridized carbons (Fsp3) is 0.333. The first-order chi connectivity index (χ1) is 23.4. The molecule has 13 heteroatoms. The fourth-order valence-electron chi connectivity index (χ4n) is 5.65. The van der Waals surface area contributed by atoms with Crippen molar-refractivity contribution in [3.63, 3.8) is 0 Å². The third-order valence-electron chi connectivity index (χ3n) is 8.20. The third-order valence-corrected chi connectivity index (χ3v) is 9.83. The van der Waals surface area contributed by atoms with Gasteiger partial charge in [-0.15, -0.1) is 0 Å². The average molecular weight is 728 g/mol. The standard InChI is InChI=1S/C36H36Cl2N2O8S/c1-4-5-9-31(41)47-21(2)48-36(44)29(17-22-7-6-8-26(16-22)49(3)45)39-34(42)32-28(37)18-25-20-40(14-12-27(25)33(32)38)35(43)24-11-10-23-13-15-46-30(23)19-24/h6-8,10-11,13,15-16,18-19,21,29H,4-5,9,12,14,17,20H2,1-3H3,(H,39,42)/t21?,29-,49?/m0/s1. The van der Waals surface area contributed by atoms with Gasteiger partial charge in [0.15, 0.2) is 0 Å². The second-order valence-electron chi connectivity index (χ2n) is 11.8. The first-order valence-electron chi connectivity index (χ1n) is 15.8. The summed E-state index contributed by atoms with van der Waals surface area (Å²) in [7, 11) is -1.28. The minimum Gasteiger partial charge on any atom is -0.464 e. The van der Waals surface area contributed by atoms with Gasteiger partial charge in [-0.3, -0.25) is 18.6 Å². The zero-order valence-electron chi connectivity index (χ0n) is 27.3. The van der Waals surface area contributed by atoms with Gasteiger partial charge in [0.25, 0.3) is 11.8 Å². The zero-order chi connectivity index (χ0) is 35.2. The number of nitrogens with zero attached hydrogens (tertiary/aromatic N) is 1. The van der Waals surface area contributed by atoms with E-state index in [1.807, 2.05) is 19.1 Å². The average Bonchev–Trinajstić information content (AvgIpc) is 3.54. The van der Waals surface area contributed by atoms with Crippen LogP contribution in [0.2, 0.25) is 10.0 Å². The summed E-state index contributed by atoms with van der Waals surface area (Å²) >= 11 is 13.5.